The van der Waals surface area contributed by atoms with Crippen molar-refractivity contribution in [3.8, 4) is 0 Å². The number of ether oxygens (including phenoxy) is 1. The normalized spacial score (nSPS) is 14.3. The number of sulfonamides is 1. The molecular formula is C18H16F3N3O6S. The molecule has 2 heterocycles. The van der Waals surface area contributed by atoms with Crippen molar-refractivity contribution in [3.63, 3.8) is 0 Å². The zero-order chi connectivity index (χ0) is 23.1. The molecule has 0 aliphatic carbocycles. The molecule has 2 amide bonds. The summed E-state index contributed by atoms with van der Waals surface area (Å²) in [7, 11) is -4.55. The van der Waals surface area contributed by atoms with E-state index in [1.807, 2.05) is 0 Å². The molecule has 0 saturated heterocycles. The number of esters is 1. The number of hydrogen-bond acceptors (Lipinski definition) is 7. The van der Waals surface area contributed by atoms with Gasteiger partial charge in [-0.3, -0.25) is 24.3 Å². The summed E-state index contributed by atoms with van der Waals surface area (Å²) in [5, 5.41) is 0.00354. The van der Waals surface area contributed by atoms with E-state index in [0.29, 0.717) is 0 Å². The number of alkyl halides is 3. The third-order valence-corrected chi connectivity index (χ3v) is 5.85. The Morgan fingerprint density at radius 1 is 1.19 bits per heavy atom. The first-order valence-electron chi connectivity index (χ1n) is 8.82. The van der Waals surface area contributed by atoms with Crippen LogP contribution in [0.1, 0.15) is 33.3 Å². The van der Waals surface area contributed by atoms with Crippen molar-refractivity contribution in [2.24, 2.45) is 0 Å². The third-order valence-electron chi connectivity index (χ3n) is 4.45. The van der Waals surface area contributed by atoms with Gasteiger partial charge in [-0.05, 0) is 25.1 Å². The number of rotatable bonds is 6. The molecule has 0 saturated carbocycles. The summed E-state index contributed by atoms with van der Waals surface area (Å²) in [6, 6.07) is 3.30. The minimum absolute atomic E-state index is 0.00354. The molecule has 1 aliphatic heterocycles. The molecule has 9 nitrogen and oxygen atoms in total. The van der Waals surface area contributed by atoms with Crippen LogP contribution in [-0.2, 0) is 19.6 Å². The molecule has 3 rings (SSSR count). The number of carbonyl (C=O) groups excluding carboxylic acids is 3. The van der Waals surface area contributed by atoms with E-state index in [9.17, 15) is 36.0 Å². The van der Waals surface area contributed by atoms with E-state index in [2.05, 4.69) is 4.98 Å². The van der Waals surface area contributed by atoms with Crippen molar-refractivity contribution >= 4 is 38.7 Å². The SMILES string of the molecule is CC(=O)OCCN1C(=O)c2c(C)nc3ccc(S(=O)(=O)NCC(F)(F)F)cc3c2C1=O. The van der Waals surface area contributed by atoms with E-state index in [4.69, 9.17) is 4.74 Å². The molecule has 0 fully saturated rings. The van der Waals surface area contributed by atoms with Crippen molar-refractivity contribution in [3.05, 3.63) is 35.0 Å². The lowest BCUT2D eigenvalue weighted by Crippen LogP contribution is -2.33. The largest absolute Gasteiger partial charge is 0.464 e. The van der Waals surface area contributed by atoms with Crippen LogP contribution in [0, 0.1) is 6.92 Å². The number of aromatic nitrogens is 1. The first-order valence-corrected chi connectivity index (χ1v) is 10.3. The fourth-order valence-corrected chi connectivity index (χ4v) is 4.16. The van der Waals surface area contributed by atoms with Gasteiger partial charge in [-0.1, -0.05) is 0 Å². The molecule has 1 aromatic heterocycles. The standard InChI is InChI=1S/C18H16F3N3O6S/c1-9-14-15(17(27)24(16(14)26)5-6-30-10(2)25)12-7-11(3-4-13(12)23-9)31(28,29)22-8-18(19,20)21/h3-4,7,22H,5-6,8H2,1-2H3. The van der Waals surface area contributed by atoms with Gasteiger partial charge in [0.1, 0.15) is 13.2 Å². The number of amides is 2. The Labute approximate surface area is 174 Å². The maximum atomic E-state index is 12.9. The van der Waals surface area contributed by atoms with E-state index in [0.717, 1.165) is 17.0 Å². The highest BCUT2D eigenvalue weighted by Crippen LogP contribution is 2.32. The zero-order valence-electron chi connectivity index (χ0n) is 16.2. The van der Waals surface area contributed by atoms with Gasteiger partial charge in [0, 0.05) is 12.3 Å². The maximum Gasteiger partial charge on any atom is 0.402 e. The number of pyridine rings is 1. The van der Waals surface area contributed by atoms with Crippen molar-refractivity contribution in [2.45, 2.75) is 24.9 Å². The Balaban J connectivity index is 2.05. The quantitative estimate of drug-likeness (QED) is 0.514. The Kier molecular flexibility index (Phi) is 5.76. The highest BCUT2D eigenvalue weighted by Gasteiger charge is 2.39. The van der Waals surface area contributed by atoms with Crippen LogP contribution in [0.4, 0.5) is 13.2 Å². The molecule has 2 aromatic rings. The van der Waals surface area contributed by atoms with E-state index < -0.39 is 45.4 Å². The Morgan fingerprint density at radius 3 is 2.45 bits per heavy atom. The van der Waals surface area contributed by atoms with E-state index >= 15 is 0 Å². The number of nitrogens with one attached hydrogen (secondary N) is 1. The summed E-state index contributed by atoms with van der Waals surface area (Å²) >= 11 is 0. The van der Waals surface area contributed by atoms with Crippen molar-refractivity contribution in [1.29, 1.82) is 0 Å². The van der Waals surface area contributed by atoms with Crippen LogP contribution >= 0.6 is 0 Å². The minimum Gasteiger partial charge on any atom is -0.464 e. The highest BCUT2D eigenvalue weighted by molar-refractivity contribution is 7.89. The van der Waals surface area contributed by atoms with Gasteiger partial charge in [-0.25, -0.2) is 13.1 Å². The maximum absolute atomic E-state index is 12.9. The molecule has 1 aliphatic rings. The van der Waals surface area contributed by atoms with Gasteiger partial charge in [-0.15, -0.1) is 0 Å². The number of nitrogens with zero attached hydrogens (tertiary/aromatic N) is 2. The lowest BCUT2D eigenvalue weighted by Gasteiger charge is -2.13. The predicted octanol–water partition coefficient (Wildman–Crippen LogP) is 1.54. The number of fused-ring (bicyclic) bond motifs is 3. The van der Waals surface area contributed by atoms with Gasteiger partial charge in [0.05, 0.1) is 33.8 Å². The van der Waals surface area contributed by atoms with Crippen LogP contribution in [0.25, 0.3) is 10.9 Å². The predicted molar refractivity (Wildman–Crippen MR) is 99.7 cm³/mol. The number of hydrogen-bond donors (Lipinski definition) is 1. The summed E-state index contributed by atoms with van der Waals surface area (Å²) in [6.45, 7) is 0.441. The van der Waals surface area contributed by atoms with Gasteiger partial charge in [0.15, 0.2) is 0 Å². The van der Waals surface area contributed by atoms with Crippen molar-refractivity contribution < 1.29 is 40.7 Å². The van der Waals surface area contributed by atoms with Gasteiger partial charge in [-0.2, -0.15) is 13.2 Å². The summed E-state index contributed by atoms with van der Waals surface area (Å²) in [4.78, 5) is 41.0. The molecule has 13 heteroatoms. The monoisotopic (exact) mass is 459 g/mol. The molecule has 0 radical (unpaired) electrons. The first-order chi connectivity index (χ1) is 14.3. The molecule has 0 atom stereocenters. The van der Waals surface area contributed by atoms with E-state index in [-0.39, 0.29) is 40.9 Å². The van der Waals surface area contributed by atoms with Crippen LogP contribution < -0.4 is 4.72 Å². The first kappa shape index (κ1) is 22.6. The van der Waals surface area contributed by atoms with Crippen molar-refractivity contribution in [2.75, 3.05) is 19.7 Å². The van der Waals surface area contributed by atoms with Crippen molar-refractivity contribution in [1.82, 2.24) is 14.6 Å². The lowest BCUT2D eigenvalue weighted by atomic mass is 10.0. The number of halogens is 3. The zero-order valence-corrected chi connectivity index (χ0v) is 17.1. The molecule has 1 aromatic carbocycles. The Morgan fingerprint density at radius 2 is 1.84 bits per heavy atom. The molecule has 1 N–H and O–H groups in total. The average Bonchev–Trinajstić information content (AvgIpc) is 2.91. The second-order valence-electron chi connectivity index (χ2n) is 6.67. The molecule has 31 heavy (non-hydrogen) atoms. The average molecular weight is 459 g/mol. The molecule has 0 bridgehead atoms. The van der Waals surface area contributed by atoms with Gasteiger partial charge >= 0.3 is 12.1 Å². The number of aryl methyl sites for hydroxylation is 1. The molecule has 0 unspecified atom stereocenters. The number of carbonyl (C=O) groups is 3. The van der Waals surface area contributed by atoms with Crippen LogP contribution in [0.5, 0.6) is 0 Å². The van der Waals surface area contributed by atoms with Crippen LogP contribution in [0.15, 0.2) is 23.1 Å². The molecular weight excluding hydrogens is 443 g/mol. The van der Waals surface area contributed by atoms with Crippen LogP contribution in [0.3, 0.4) is 0 Å². The highest BCUT2D eigenvalue weighted by atomic mass is 32.2. The van der Waals surface area contributed by atoms with Gasteiger partial charge < -0.3 is 4.74 Å². The Bertz CT molecular complexity index is 1210. The lowest BCUT2D eigenvalue weighted by molar-refractivity contribution is -0.141. The number of imide groups is 1. The van der Waals surface area contributed by atoms with Crippen LogP contribution in [-0.4, -0.2) is 62.0 Å². The summed E-state index contributed by atoms with van der Waals surface area (Å²) in [5.41, 5.74) is 0.261. The second kappa shape index (κ2) is 7.89. The fraction of sp³-hybridized carbons (Fsp3) is 0.333. The van der Waals surface area contributed by atoms with Gasteiger partial charge in [0.25, 0.3) is 11.8 Å². The smallest absolute Gasteiger partial charge is 0.402 e. The fourth-order valence-electron chi connectivity index (χ4n) is 3.12. The molecule has 166 valence electrons. The minimum atomic E-state index is -4.76. The Hall–Kier alpha value is -3.06. The topological polar surface area (TPSA) is 123 Å². The summed E-state index contributed by atoms with van der Waals surface area (Å²) in [6.07, 6.45) is -4.76. The van der Waals surface area contributed by atoms with Crippen LogP contribution in [0.2, 0.25) is 0 Å². The molecule has 0 spiro atoms. The number of benzene rings is 1. The summed E-state index contributed by atoms with van der Waals surface area (Å²) < 4.78 is 68.0. The second-order valence-corrected chi connectivity index (χ2v) is 8.43. The van der Waals surface area contributed by atoms with Gasteiger partial charge in [0.2, 0.25) is 10.0 Å². The van der Waals surface area contributed by atoms with E-state index in [1.54, 1.807) is 0 Å². The summed E-state index contributed by atoms with van der Waals surface area (Å²) in [5.74, 6) is -2.04. The van der Waals surface area contributed by atoms with E-state index in [1.165, 1.54) is 24.6 Å². The third kappa shape index (κ3) is 4.51.